The maximum atomic E-state index is 12.1. The minimum absolute atomic E-state index is 0.319. The van der Waals surface area contributed by atoms with Gasteiger partial charge in [-0.2, -0.15) is 0 Å². The molecule has 0 aromatic rings. The number of methoxy groups -OCH3 is 1. The summed E-state index contributed by atoms with van der Waals surface area (Å²) >= 11 is 0. The van der Waals surface area contributed by atoms with Gasteiger partial charge in [0.15, 0.2) is 0 Å². The summed E-state index contributed by atoms with van der Waals surface area (Å²) in [5.74, 6) is -1.11. The van der Waals surface area contributed by atoms with Gasteiger partial charge in [-0.05, 0) is 19.4 Å². The Kier molecular flexibility index (Phi) is 3.45. The molecule has 0 radical (unpaired) electrons. The predicted octanol–water partition coefficient (Wildman–Crippen LogP) is 1.69. The first kappa shape index (κ1) is 14.1. The molecule has 4 atom stereocenters. The highest BCUT2D eigenvalue weighted by Crippen LogP contribution is 2.39. The van der Waals surface area contributed by atoms with Gasteiger partial charge < -0.3 is 14.2 Å². The second kappa shape index (κ2) is 5.15. The Labute approximate surface area is 123 Å². The number of hydrogen-bond donors (Lipinski definition) is 0. The standard InChI is InChI=1S/C16H18O5/c1-8-4-5-11(19-3)10-7-13(21-16(10)18)14-9(2)15(17)20-12(14)6-8/h4,7,11-14H,2,5-6H2,1,3H3. The first-order chi connectivity index (χ1) is 10.0. The van der Waals surface area contributed by atoms with Crippen LogP contribution in [0, 0.1) is 5.92 Å². The van der Waals surface area contributed by atoms with E-state index in [4.69, 9.17) is 14.2 Å². The van der Waals surface area contributed by atoms with E-state index in [0.29, 0.717) is 24.0 Å². The van der Waals surface area contributed by atoms with E-state index in [1.807, 2.05) is 13.0 Å². The van der Waals surface area contributed by atoms with Crippen LogP contribution in [0.3, 0.4) is 0 Å². The van der Waals surface area contributed by atoms with Crippen molar-refractivity contribution in [2.75, 3.05) is 7.11 Å². The van der Waals surface area contributed by atoms with Crippen LogP contribution in [0.1, 0.15) is 19.8 Å². The van der Waals surface area contributed by atoms with Gasteiger partial charge in [-0.25, -0.2) is 9.59 Å². The Morgan fingerprint density at radius 1 is 1.29 bits per heavy atom. The van der Waals surface area contributed by atoms with E-state index in [1.54, 1.807) is 13.2 Å². The molecule has 112 valence electrons. The van der Waals surface area contributed by atoms with Crippen molar-refractivity contribution in [3.05, 3.63) is 35.5 Å². The Balaban J connectivity index is 2.01. The second-order valence-electron chi connectivity index (χ2n) is 5.70. The van der Waals surface area contributed by atoms with Gasteiger partial charge in [0.1, 0.15) is 12.2 Å². The van der Waals surface area contributed by atoms with Crippen molar-refractivity contribution in [3.63, 3.8) is 0 Å². The highest BCUT2D eigenvalue weighted by Gasteiger charge is 2.47. The number of hydrogen-bond acceptors (Lipinski definition) is 5. The lowest BCUT2D eigenvalue weighted by Gasteiger charge is -2.22. The Morgan fingerprint density at radius 3 is 2.76 bits per heavy atom. The van der Waals surface area contributed by atoms with E-state index in [-0.39, 0.29) is 24.1 Å². The molecule has 2 aliphatic heterocycles. The summed E-state index contributed by atoms with van der Waals surface area (Å²) in [7, 11) is 1.57. The van der Waals surface area contributed by atoms with Crippen molar-refractivity contribution < 1.29 is 23.8 Å². The Morgan fingerprint density at radius 2 is 2.05 bits per heavy atom. The van der Waals surface area contributed by atoms with E-state index in [0.717, 1.165) is 5.57 Å². The van der Waals surface area contributed by atoms with E-state index in [9.17, 15) is 9.59 Å². The lowest BCUT2D eigenvalue weighted by Crippen LogP contribution is -2.29. The molecule has 0 aromatic heterocycles. The number of ether oxygens (including phenoxy) is 3. The third kappa shape index (κ3) is 2.31. The first-order valence-electron chi connectivity index (χ1n) is 7.02. The maximum Gasteiger partial charge on any atom is 0.337 e. The van der Waals surface area contributed by atoms with Crippen molar-refractivity contribution in [2.45, 2.75) is 38.1 Å². The molecular formula is C16H18O5. The zero-order chi connectivity index (χ0) is 15.1. The first-order valence-corrected chi connectivity index (χ1v) is 7.02. The van der Waals surface area contributed by atoms with Crippen molar-refractivity contribution in [1.82, 2.24) is 0 Å². The molecule has 0 saturated carbocycles. The summed E-state index contributed by atoms with van der Waals surface area (Å²) < 4.78 is 16.2. The molecule has 0 N–H and O–H groups in total. The van der Waals surface area contributed by atoms with Crippen LogP contribution < -0.4 is 0 Å². The number of fused-ring (bicyclic) bond motifs is 3. The van der Waals surface area contributed by atoms with Crippen LogP contribution in [0.25, 0.3) is 0 Å². The molecule has 2 heterocycles. The zero-order valence-corrected chi connectivity index (χ0v) is 12.1. The molecule has 1 fully saturated rings. The molecule has 21 heavy (non-hydrogen) atoms. The summed E-state index contributed by atoms with van der Waals surface area (Å²) in [5.41, 5.74) is 1.99. The van der Waals surface area contributed by atoms with Crippen molar-refractivity contribution >= 4 is 11.9 Å². The predicted molar refractivity (Wildman–Crippen MR) is 74.3 cm³/mol. The van der Waals surface area contributed by atoms with Crippen LogP contribution in [-0.2, 0) is 23.8 Å². The van der Waals surface area contributed by atoms with Gasteiger partial charge in [-0.15, -0.1) is 0 Å². The van der Waals surface area contributed by atoms with Crippen LogP contribution in [0.15, 0.2) is 35.5 Å². The van der Waals surface area contributed by atoms with E-state index >= 15 is 0 Å². The lowest BCUT2D eigenvalue weighted by molar-refractivity contribution is -0.143. The van der Waals surface area contributed by atoms with Gasteiger partial charge in [0.2, 0.25) is 0 Å². The quantitative estimate of drug-likeness (QED) is 0.418. The molecule has 5 heteroatoms. The Hall–Kier alpha value is -1.88. The monoisotopic (exact) mass is 290 g/mol. The molecule has 0 spiro atoms. The SMILES string of the molecule is C=C1C(=O)OC2CC(C)=CCC(OC)C3=CC(OC3=O)C12. The van der Waals surface area contributed by atoms with E-state index in [1.165, 1.54) is 0 Å². The summed E-state index contributed by atoms with van der Waals surface area (Å²) in [6.45, 7) is 5.79. The number of rotatable bonds is 1. The van der Waals surface area contributed by atoms with Gasteiger partial charge in [0, 0.05) is 19.1 Å². The average molecular weight is 290 g/mol. The molecule has 3 rings (SSSR count). The average Bonchev–Trinajstić information content (AvgIpc) is 2.92. The fourth-order valence-electron chi connectivity index (χ4n) is 3.17. The number of carbonyl (C=O) groups excluding carboxylic acids is 2. The van der Waals surface area contributed by atoms with E-state index < -0.39 is 12.1 Å². The molecule has 1 saturated heterocycles. The van der Waals surface area contributed by atoms with Crippen LogP contribution in [0.5, 0.6) is 0 Å². The highest BCUT2D eigenvalue weighted by atomic mass is 16.6. The van der Waals surface area contributed by atoms with Crippen LogP contribution in [0.4, 0.5) is 0 Å². The normalized spacial score (nSPS) is 35.6. The van der Waals surface area contributed by atoms with Gasteiger partial charge in [-0.3, -0.25) is 0 Å². The van der Waals surface area contributed by atoms with Crippen LogP contribution in [-0.4, -0.2) is 37.4 Å². The highest BCUT2D eigenvalue weighted by molar-refractivity contribution is 5.94. The summed E-state index contributed by atoms with van der Waals surface area (Å²) in [6.07, 6.45) is 3.85. The zero-order valence-electron chi connectivity index (χ0n) is 12.1. The molecule has 3 aliphatic rings. The van der Waals surface area contributed by atoms with Gasteiger partial charge in [-0.1, -0.05) is 18.2 Å². The molecule has 5 nitrogen and oxygen atoms in total. The number of esters is 2. The summed E-state index contributed by atoms with van der Waals surface area (Å²) in [6, 6.07) is 0. The summed E-state index contributed by atoms with van der Waals surface area (Å²) in [4.78, 5) is 23.9. The third-order valence-corrected chi connectivity index (χ3v) is 4.34. The molecule has 1 aliphatic carbocycles. The van der Waals surface area contributed by atoms with Gasteiger partial charge in [0.05, 0.1) is 17.6 Å². The lowest BCUT2D eigenvalue weighted by atomic mass is 9.86. The van der Waals surface area contributed by atoms with E-state index in [2.05, 4.69) is 6.58 Å². The maximum absolute atomic E-state index is 12.1. The van der Waals surface area contributed by atoms with Crippen molar-refractivity contribution in [2.24, 2.45) is 5.92 Å². The Bertz CT molecular complexity index is 571. The fraction of sp³-hybridized carbons (Fsp3) is 0.500. The smallest absolute Gasteiger partial charge is 0.337 e. The molecule has 0 amide bonds. The fourth-order valence-corrected chi connectivity index (χ4v) is 3.17. The largest absolute Gasteiger partial charge is 0.458 e. The molecular weight excluding hydrogens is 272 g/mol. The van der Waals surface area contributed by atoms with Crippen molar-refractivity contribution in [1.29, 1.82) is 0 Å². The van der Waals surface area contributed by atoms with Gasteiger partial charge in [0.25, 0.3) is 0 Å². The topological polar surface area (TPSA) is 61.8 Å². The minimum atomic E-state index is -0.500. The van der Waals surface area contributed by atoms with Gasteiger partial charge >= 0.3 is 11.9 Å². The molecule has 2 bridgehead atoms. The third-order valence-electron chi connectivity index (χ3n) is 4.34. The summed E-state index contributed by atoms with van der Waals surface area (Å²) in [5, 5.41) is 0. The van der Waals surface area contributed by atoms with Crippen LogP contribution >= 0.6 is 0 Å². The van der Waals surface area contributed by atoms with Crippen LogP contribution in [0.2, 0.25) is 0 Å². The molecule has 4 unspecified atom stereocenters. The van der Waals surface area contributed by atoms with Crippen molar-refractivity contribution in [3.8, 4) is 0 Å². The second-order valence-corrected chi connectivity index (χ2v) is 5.70. The number of carbonyl (C=O) groups is 2. The minimum Gasteiger partial charge on any atom is -0.458 e. The molecule has 0 aromatic carbocycles.